The van der Waals surface area contributed by atoms with Crippen LogP contribution in [-0.2, 0) is 22.5 Å². The van der Waals surface area contributed by atoms with Crippen LogP contribution in [-0.4, -0.2) is 42.4 Å². The number of anilines is 1. The molecule has 23 heavy (non-hydrogen) atoms. The molecular weight excluding hydrogens is 294 g/mol. The first-order valence-electron chi connectivity index (χ1n) is 7.87. The summed E-state index contributed by atoms with van der Waals surface area (Å²) in [6, 6.07) is 8.09. The van der Waals surface area contributed by atoms with Crippen molar-refractivity contribution >= 4 is 5.82 Å². The summed E-state index contributed by atoms with van der Waals surface area (Å²) in [7, 11) is 0. The van der Waals surface area contributed by atoms with Gasteiger partial charge in [-0.1, -0.05) is 18.2 Å². The molecule has 0 bridgehead atoms. The van der Waals surface area contributed by atoms with Crippen LogP contribution < -0.4 is 10.1 Å². The van der Waals surface area contributed by atoms with Crippen molar-refractivity contribution in [3.05, 3.63) is 47.4 Å². The first-order chi connectivity index (χ1) is 11.4. The highest BCUT2D eigenvalue weighted by molar-refractivity contribution is 5.51. The fourth-order valence-electron chi connectivity index (χ4n) is 2.90. The number of hydrogen-bond acceptors (Lipinski definition) is 6. The molecule has 2 aliphatic heterocycles. The van der Waals surface area contributed by atoms with E-state index in [1.807, 2.05) is 18.2 Å². The average molecular weight is 313 g/mol. The van der Waals surface area contributed by atoms with Crippen molar-refractivity contribution in [3.63, 3.8) is 0 Å². The maximum atomic E-state index is 5.86. The van der Waals surface area contributed by atoms with E-state index in [9.17, 15) is 0 Å². The normalized spacial score (nSPS) is 19.9. The van der Waals surface area contributed by atoms with Crippen LogP contribution in [0.5, 0.6) is 5.75 Å². The number of nitrogens with one attached hydrogen (secondary N) is 1. The molecule has 2 aliphatic rings. The zero-order valence-electron chi connectivity index (χ0n) is 12.8. The molecule has 4 rings (SSSR count). The molecule has 1 aromatic carbocycles. The van der Waals surface area contributed by atoms with Gasteiger partial charge in [0.1, 0.15) is 24.5 Å². The molecule has 1 aromatic heterocycles. The third-order valence-electron chi connectivity index (χ3n) is 4.12. The zero-order valence-corrected chi connectivity index (χ0v) is 12.8. The Balaban J connectivity index is 1.55. The van der Waals surface area contributed by atoms with Crippen LogP contribution in [0.25, 0.3) is 0 Å². The Labute approximate surface area is 134 Å². The quantitative estimate of drug-likeness (QED) is 0.932. The smallest absolute Gasteiger partial charge is 0.133 e. The number of fused-ring (bicyclic) bond motifs is 2. The van der Waals surface area contributed by atoms with Gasteiger partial charge in [0.25, 0.3) is 0 Å². The minimum absolute atomic E-state index is 0.0590. The number of rotatable bonds is 3. The Hall–Kier alpha value is -2.18. The molecule has 3 heterocycles. The molecule has 2 aromatic rings. The molecule has 120 valence electrons. The van der Waals surface area contributed by atoms with E-state index in [1.165, 1.54) is 0 Å². The van der Waals surface area contributed by atoms with E-state index in [-0.39, 0.29) is 6.10 Å². The fraction of sp³-hybridized carbons (Fsp3) is 0.412. The van der Waals surface area contributed by atoms with Crippen LogP contribution in [0.1, 0.15) is 16.8 Å². The minimum atomic E-state index is 0.0590. The lowest BCUT2D eigenvalue weighted by atomic mass is 10.0. The highest BCUT2D eigenvalue weighted by Crippen LogP contribution is 2.30. The molecule has 0 aliphatic carbocycles. The first kappa shape index (κ1) is 14.4. The van der Waals surface area contributed by atoms with Gasteiger partial charge in [-0.15, -0.1) is 0 Å². The van der Waals surface area contributed by atoms with Crippen LogP contribution in [0.3, 0.4) is 0 Å². The van der Waals surface area contributed by atoms with Gasteiger partial charge < -0.3 is 19.5 Å². The summed E-state index contributed by atoms with van der Waals surface area (Å²) in [5.41, 5.74) is 3.18. The van der Waals surface area contributed by atoms with Crippen molar-refractivity contribution in [1.82, 2.24) is 9.97 Å². The predicted octanol–water partition coefficient (Wildman–Crippen LogP) is 1.79. The maximum Gasteiger partial charge on any atom is 0.133 e. The van der Waals surface area contributed by atoms with E-state index >= 15 is 0 Å². The lowest BCUT2D eigenvalue weighted by molar-refractivity contribution is -0.0819. The average Bonchev–Trinajstić information content (AvgIpc) is 2.80. The molecular formula is C17H19N3O3. The SMILES string of the molecule is c1ccc2c(c1)Cc1c(ncnc1NC[C@H]1COCCO1)CO2. The van der Waals surface area contributed by atoms with Gasteiger partial charge in [-0.2, -0.15) is 0 Å². The van der Waals surface area contributed by atoms with E-state index < -0.39 is 0 Å². The summed E-state index contributed by atoms with van der Waals surface area (Å²) in [5, 5.41) is 3.39. The molecule has 6 heteroatoms. The van der Waals surface area contributed by atoms with Gasteiger partial charge in [0.2, 0.25) is 0 Å². The predicted molar refractivity (Wildman–Crippen MR) is 84.7 cm³/mol. The molecule has 1 fully saturated rings. The van der Waals surface area contributed by atoms with Gasteiger partial charge in [0, 0.05) is 18.5 Å². The van der Waals surface area contributed by atoms with Crippen molar-refractivity contribution in [2.75, 3.05) is 31.7 Å². The molecule has 0 spiro atoms. The van der Waals surface area contributed by atoms with Crippen LogP contribution in [0, 0.1) is 0 Å². The number of benzene rings is 1. The van der Waals surface area contributed by atoms with Gasteiger partial charge in [0.05, 0.1) is 31.6 Å². The van der Waals surface area contributed by atoms with E-state index in [2.05, 4.69) is 21.4 Å². The summed E-state index contributed by atoms with van der Waals surface area (Å²) in [5.74, 6) is 1.77. The Kier molecular flexibility index (Phi) is 4.08. The van der Waals surface area contributed by atoms with Crippen molar-refractivity contribution in [2.24, 2.45) is 0 Å². The Morgan fingerprint density at radius 1 is 1.17 bits per heavy atom. The summed E-state index contributed by atoms with van der Waals surface area (Å²) in [6.45, 7) is 3.08. The zero-order chi connectivity index (χ0) is 15.5. The summed E-state index contributed by atoms with van der Waals surface area (Å²) < 4.78 is 17.0. The first-order valence-corrected chi connectivity index (χ1v) is 7.87. The van der Waals surface area contributed by atoms with E-state index in [0.29, 0.717) is 33.0 Å². The summed E-state index contributed by atoms with van der Waals surface area (Å²) >= 11 is 0. The molecule has 1 saturated heterocycles. The summed E-state index contributed by atoms with van der Waals surface area (Å²) in [6.07, 6.45) is 2.40. The Morgan fingerprint density at radius 3 is 3.04 bits per heavy atom. The number of para-hydroxylation sites is 1. The second kappa shape index (κ2) is 6.52. The number of hydrogen-bond donors (Lipinski definition) is 1. The van der Waals surface area contributed by atoms with Crippen LogP contribution in [0.4, 0.5) is 5.82 Å². The second-order valence-electron chi connectivity index (χ2n) is 5.67. The molecule has 1 atom stereocenters. The molecule has 6 nitrogen and oxygen atoms in total. The van der Waals surface area contributed by atoms with Crippen LogP contribution >= 0.6 is 0 Å². The van der Waals surface area contributed by atoms with Gasteiger partial charge in [-0.3, -0.25) is 0 Å². The van der Waals surface area contributed by atoms with E-state index in [1.54, 1.807) is 6.33 Å². The van der Waals surface area contributed by atoms with Crippen molar-refractivity contribution in [1.29, 1.82) is 0 Å². The van der Waals surface area contributed by atoms with E-state index in [4.69, 9.17) is 14.2 Å². The molecule has 0 amide bonds. The molecule has 0 saturated carbocycles. The number of aromatic nitrogens is 2. The third kappa shape index (κ3) is 3.13. The van der Waals surface area contributed by atoms with E-state index in [0.717, 1.165) is 34.8 Å². The van der Waals surface area contributed by atoms with Gasteiger partial charge in [-0.05, 0) is 11.6 Å². The van der Waals surface area contributed by atoms with Gasteiger partial charge in [-0.25, -0.2) is 9.97 Å². The standard InChI is InChI=1S/C17H19N3O3/c1-2-4-16-12(3-1)7-14-15(10-23-16)19-11-20-17(14)18-8-13-9-21-5-6-22-13/h1-4,11,13H,5-10H2,(H,18,19,20)/t13-/m0/s1. The molecule has 1 N–H and O–H groups in total. The monoisotopic (exact) mass is 313 g/mol. The third-order valence-corrected chi connectivity index (χ3v) is 4.12. The maximum absolute atomic E-state index is 5.86. The van der Waals surface area contributed by atoms with Crippen molar-refractivity contribution < 1.29 is 14.2 Å². The molecule has 0 unspecified atom stereocenters. The number of ether oxygens (including phenoxy) is 3. The molecule has 0 radical (unpaired) electrons. The lowest BCUT2D eigenvalue weighted by Gasteiger charge is -2.23. The topological polar surface area (TPSA) is 65.5 Å². The largest absolute Gasteiger partial charge is 0.487 e. The minimum Gasteiger partial charge on any atom is -0.487 e. The second-order valence-corrected chi connectivity index (χ2v) is 5.67. The van der Waals surface area contributed by atoms with Gasteiger partial charge in [0.15, 0.2) is 0 Å². The van der Waals surface area contributed by atoms with Gasteiger partial charge >= 0.3 is 0 Å². The van der Waals surface area contributed by atoms with Crippen molar-refractivity contribution in [3.8, 4) is 5.75 Å². The highest BCUT2D eigenvalue weighted by atomic mass is 16.6. The fourth-order valence-corrected chi connectivity index (χ4v) is 2.90. The van der Waals surface area contributed by atoms with Crippen LogP contribution in [0.2, 0.25) is 0 Å². The highest BCUT2D eigenvalue weighted by Gasteiger charge is 2.20. The lowest BCUT2D eigenvalue weighted by Crippen LogP contribution is -2.34. The number of nitrogens with zero attached hydrogens (tertiary/aromatic N) is 2. The Bertz CT molecular complexity index is 687. The Morgan fingerprint density at radius 2 is 2.13 bits per heavy atom. The van der Waals surface area contributed by atoms with Crippen molar-refractivity contribution in [2.45, 2.75) is 19.1 Å². The summed E-state index contributed by atoms with van der Waals surface area (Å²) in [4.78, 5) is 8.80. The van der Waals surface area contributed by atoms with Crippen LogP contribution in [0.15, 0.2) is 30.6 Å².